The summed E-state index contributed by atoms with van der Waals surface area (Å²) in [7, 11) is -3.04. The van der Waals surface area contributed by atoms with Crippen LogP contribution in [0.4, 0.5) is 14.9 Å². The van der Waals surface area contributed by atoms with Crippen molar-refractivity contribution in [3.05, 3.63) is 54.3 Å². The van der Waals surface area contributed by atoms with E-state index in [1.54, 1.807) is 36.4 Å². The van der Waals surface area contributed by atoms with E-state index in [0.717, 1.165) is 0 Å². The van der Waals surface area contributed by atoms with E-state index in [4.69, 9.17) is 4.74 Å². The summed E-state index contributed by atoms with van der Waals surface area (Å²) >= 11 is 0. The lowest BCUT2D eigenvalue weighted by molar-refractivity contribution is 0.249. The summed E-state index contributed by atoms with van der Waals surface area (Å²) in [5, 5.41) is 5.28. The first-order valence-corrected chi connectivity index (χ1v) is 9.53. The van der Waals surface area contributed by atoms with Gasteiger partial charge in [0.15, 0.2) is 9.84 Å². The molecule has 1 unspecified atom stereocenters. The van der Waals surface area contributed by atoms with Gasteiger partial charge in [-0.3, -0.25) is 0 Å². The van der Waals surface area contributed by atoms with E-state index in [2.05, 4.69) is 10.6 Å². The molecule has 3 rings (SSSR count). The SMILES string of the molecule is O=C(Nc1ccc(Oc2cccc(F)c2)cc1)NC1CCS(=O)(=O)C1. The maximum absolute atomic E-state index is 13.1. The molecule has 1 heterocycles. The van der Waals surface area contributed by atoms with Gasteiger partial charge in [0.05, 0.1) is 11.5 Å². The van der Waals surface area contributed by atoms with Gasteiger partial charge in [0.1, 0.15) is 17.3 Å². The van der Waals surface area contributed by atoms with Crippen LogP contribution in [0.3, 0.4) is 0 Å². The van der Waals surface area contributed by atoms with Crippen LogP contribution in [0.15, 0.2) is 48.5 Å². The molecular weight excluding hydrogens is 347 g/mol. The van der Waals surface area contributed by atoms with Gasteiger partial charge in [0.25, 0.3) is 0 Å². The second-order valence-electron chi connectivity index (χ2n) is 5.78. The Labute approximate surface area is 144 Å². The van der Waals surface area contributed by atoms with Crippen LogP contribution in [0.5, 0.6) is 11.5 Å². The van der Waals surface area contributed by atoms with Gasteiger partial charge < -0.3 is 15.4 Å². The number of nitrogens with one attached hydrogen (secondary N) is 2. The van der Waals surface area contributed by atoms with Crippen molar-refractivity contribution in [1.29, 1.82) is 0 Å². The van der Waals surface area contributed by atoms with Crippen molar-refractivity contribution in [1.82, 2.24) is 5.32 Å². The van der Waals surface area contributed by atoms with Crippen molar-refractivity contribution in [3.63, 3.8) is 0 Å². The van der Waals surface area contributed by atoms with E-state index in [1.165, 1.54) is 12.1 Å². The van der Waals surface area contributed by atoms with Gasteiger partial charge >= 0.3 is 6.03 Å². The van der Waals surface area contributed by atoms with E-state index >= 15 is 0 Å². The monoisotopic (exact) mass is 364 g/mol. The predicted molar refractivity (Wildman–Crippen MR) is 92.1 cm³/mol. The molecule has 0 radical (unpaired) electrons. The number of urea groups is 1. The summed E-state index contributed by atoms with van der Waals surface area (Å²) in [5.41, 5.74) is 0.532. The molecule has 1 aliphatic rings. The highest BCUT2D eigenvalue weighted by molar-refractivity contribution is 7.91. The van der Waals surface area contributed by atoms with Gasteiger partial charge in [0.2, 0.25) is 0 Å². The Morgan fingerprint density at radius 3 is 2.52 bits per heavy atom. The van der Waals surface area contributed by atoms with Gasteiger partial charge in [-0.25, -0.2) is 17.6 Å². The van der Waals surface area contributed by atoms with Crippen molar-refractivity contribution in [2.75, 3.05) is 16.8 Å². The van der Waals surface area contributed by atoms with Crippen molar-refractivity contribution >= 4 is 21.6 Å². The molecule has 132 valence electrons. The summed E-state index contributed by atoms with van der Waals surface area (Å²) in [4.78, 5) is 11.9. The highest BCUT2D eigenvalue weighted by Crippen LogP contribution is 2.23. The van der Waals surface area contributed by atoms with Gasteiger partial charge in [-0.1, -0.05) is 6.07 Å². The van der Waals surface area contributed by atoms with Crippen molar-refractivity contribution in [2.45, 2.75) is 12.5 Å². The molecule has 1 saturated heterocycles. The van der Waals surface area contributed by atoms with Crippen LogP contribution in [0.25, 0.3) is 0 Å². The highest BCUT2D eigenvalue weighted by atomic mass is 32.2. The third kappa shape index (κ3) is 4.93. The Hall–Kier alpha value is -2.61. The number of sulfone groups is 1. The maximum Gasteiger partial charge on any atom is 0.319 e. The molecule has 0 aliphatic carbocycles. The minimum Gasteiger partial charge on any atom is -0.457 e. The Morgan fingerprint density at radius 2 is 1.88 bits per heavy atom. The van der Waals surface area contributed by atoms with E-state index in [-0.39, 0.29) is 23.4 Å². The molecule has 2 amide bonds. The lowest BCUT2D eigenvalue weighted by atomic mass is 10.2. The minimum absolute atomic E-state index is 0.0270. The Morgan fingerprint density at radius 1 is 1.12 bits per heavy atom. The maximum atomic E-state index is 13.1. The number of halogens is 1. The summed E-state index contributed by atoms with van der Waals surface area (Å²) in [5.74, 6) is 0.561. The third-order valence-electron chi connectivity index (χ3n) is 3.71. The Bertz CT molecular complexity index is 868. The molecule has 1 atom stereocenters. The highest BCUT2D eigenvalue weighted by Gasteiger charge is 2.28. The van der Waals surface area contributed by atoms with Crippen LogP contribution in [-0.4, -0.2) is 32.0 Å². The molecular formula is C17H17FN2O4S. The first-order chi connectivity index (χ1) is 11.9. The molecule has 1 fully saturated rings. The average molecular weight is 364 g/mol. The number of rotatable bonds is 4. The zero-order valence-electron chi connectivity index (χ0n) is 13.2. The molecule has 0 bridgehead atoms. The molecule has 8 heteroatoms. The lowest BCUT2D eigenvalue weighted by Gasteiger charge is -2.12. The van der Waals surface area contributed by atoms with Gasteiger partial charge in [-0.15, -0.1) is 0 Å². The number of hydrogen-bond donors (Lipinski definition) is 2. The van der Waals surface area contributed by atoms with Crippen molar-refractivity contribution in [3.8, 4) is 11.5 Å². The van der Waals surface area contributed by atoms with Crippen LogP contribution < -0.4 is 15.4 Å². The van der Waals surface area contributed by atoms with Crippen LogP contribution in [0.1, 0.15) is 6.42 Å². The smallest absolute Gasteiger partial charge is 0.319 e. The summed E-state index contributed by atoms with van der Waals surface area (Å²) in [6, 6.07) is 11.5. The fourth-order valence-electron chi connectivity index (χ4n) is 2.53. The Balaban J connectivity index is 1.54. The molecule has 2 aromatic rings. The number of benzene rings is 2. The predicted octanol–water partition coefficient (Wildman–Crippen LogP) is 2.93. The van der Waals surface area contributed by atoms with Crippen LogP contribution in [0, 0.1) is 5.82 Å². The van der Waals surface area contributed by atoms with Crippen molar-refractivity contribution < 1.29 is 22.3 Å². The second-order valence-corrected chi connectivity index (χ2v) is 8.01. The number of carbonyl (C=O) groups is 1. The lowest BCUT2D eigenvalue weighted by Crippen LogP contribution is -2.38. The molecule has 0 spiro atoms. The van der Waals surface area contributed by atoms with Crippen LogP contribution in [-0.2, 0) is 9.84 Å². The molecule has 0 saturated carbocycles. The normalized spacial score (nSPS) is 18.5. The zero-order chi connectivity index (χ0) is 17.9. The molecule has 25 heavy (non-hydrogen) atoms. The number of hydrogen-bond acceptors (Lipinski definition) is 4. The summed E-state index contributed by atoms with van der Waals surface area (Å²) < 4.78 is 41.4. The number of anilines is 1. The summed E-state index contributed by atoms with van der Waals surface area (Å²) in [6.07, 6.45) is 0.427. The number of amides is 2. The largest absolute Gasteiger partial charge is 0.457 e. The van der Waals surface area contributed by atoms with Gasteiger partial charge in [0, 0.05) is 17.8 Å². The first-order valence-electron chi connectivity index (χ1n) is 7.71. The first kappa shape index (κ1) is 17.2. The quantitative estimate of drug-likeness (QED) is 0.874. The van der Waals surface area contributed by atoms with Crippen LogP contribution in [0.2, 0.25) is 0 Å². The van der Waals surface area contributed by atoms with E-state index in [0.29, 0.717) is 23.6 Å². The molecule has 6 nitrogen and oxygen atoms in total. The van der Waals surface area contributed by atoms with E-state index in [9.17, 15) is 17.6 Å². The minimum atomic E-state index is -3.04. The average Bonchev–Trinajstić information content (AvgIpc) is 2.88. The second kappa shape index (κ2) is 7.10. The van der Waals surface area contributed by atoms with Gasteiger partial charge in [-0.05, 0) is 42.8 Å². The Kier molecular flexibility index (Phi) is 4.89. The topological polar surface area (TPSA) is 84.5 Å². The van der Waals surface area contributed by atoms with Gasteiger partial charge in [-0.2, -0.15) is 0 Å². The van der Waals surface area contributed by atoms with Crippen molar-refractivity contribution in [2.24, 2.45) is 0 Å². The van der Waals surface area contributed by atoms with Crippen LogP contribution >= 0.6 is 0 Å². The molecule has 0 aromatic heterocycles. The van der Waals surface area contributed by atoms with E-state index in [1.807, 2.05) is 0 Å². The third-order valence-corrected chi connectivity index (χ3v) is 5.48. The number of carbonyl (C=O) groups excluding carboxylic acids is 1. The molecule has 2 N–H and O–H groups in total. The molecule has 2 aromatic carbocycles. The zero-order valence-corrected chi connectivity index (χ0v) is 14.1. The fourth-order valence-corrected chi connectivity index (χ4v) is 4.21. The number of ether oxygens (including phenoxy) is 1. The standard InChI is InChI=1S/C17H17FN2O4S/c18-12-2-1-3-16(10-12)24-15-6-4-13(5-7-15)19-17(21)20-14-8-9-25(22,23)11-14/h1-7,10,14H,8-9,11H2,(H2,19,20,21). The van der Waals surface area contributed by atoms with E-state index < -0.39 is 15.9 Å². The summed E-state index contributed by atoms with van der Waals surface area (Å²) in [6.45, 7) is 0. The molecule has 1 aliphatic heterocycles. The fraction of sp³-hybridized carbons (Fsp3) is 0.235.